The number of nitrogens with zero attached hydrogens (tertiary/aromatic N) is 1. The quantitative estimate of drug-likeness (QED) is 0.0142. The van der Waals surface area contributed by atoms with Crippen LogP contribution in [-0.4, -0.2) is 84.3 Å². The lowest BCUT2D eigenvalue weighted by Gasteiger charge is -2.43. The topological polar surface area (TPSA) is 130 Å². The Morgan fingerprint density at radius 1 is 0.683 bits per heavy atom. The van der Waals surface area contributed by atoms with Crippen LogP contribution in [0.25, 0.3) is 32.3 Å². The predicted octanol–water partition coefficient (Wildman–Crippen LogP) is 11.8. The van der Waals surface area contributed by atoms with Gasteiger partial charge in [-0.05, 0) is 50.7 Å². The van der Waals surface area contributed by atoms with Crippen LogP contribution in [0.15, 0.2) is 54.6 Å². The van der Waals surface area contributed by atoms with Crippen LogP contribution >= 0.6 is 7.82 Å². The van der Waals surface area contributed by atoms with Gasteiger partial charge in [-0.25, -0.2) is 4.57 Å². The fraction of sp³-hybridized carbons (Fsp3) is 0.640. The van der Waals surface area contributed by atoms with Gasteiger partial charge in [-0.15, -0.1) is 0 Å². The molecule has 10 heteroatoms. The van der Waals surface area contributed by atoms with Crippen LogP contribution in [0.5, 0.6) is 0 Å². The zero-order valence-corrected chi connectivity index (χ0v) is 38.5. The minimum absolute atomic E-state index is 0.0910. The van der Waals surface area contributed by atoms with E-state index < -0.39 is 50.2 Å². The minimum atomic E-state index is -4.96. The number of ketones is 2. The molecule has 0 aromatic heterocycles. The van der Waals surface area contributed by atoms with Crippen molar-refractivity contribution in [2.24, 2.45) is 0 Å². The molecule has 0 amide bonds. The highest BCUT2D eigenvalue weighted by atomic mass is 31.2. The fourth-order valence-electron chi connectivity index (χ4n) is 9.03. The van der Waals surface area contributed by atoms with Crippen LogP contribution in [0.3, 0.4) is 0 Å². The molecule has 3 N–H and O–H groups in total. The van der Waals surface area contributed by atoms with Crippen molar-refractivity contribution in [2.75, 3.05) is 40.9 Å². The van der Waals surface area contributed by atoms with Gasteiger partial charge in [0.25, 0.3) is 0 Å². The third-order valence-corrected chi connectivity index (χ3v) is 13.3. The zero-order chi connectivity index (χ0) is 43.6. The number of phosphoric acid groups is 1. The number of hydrogen-bond donors (Lipinski definition) is 3. The van der Waals surface area contributed by atoms with E-state index in [0.29, 0.717) is 18.4 Å². The summed E-state index contributed by atoms with van der Waals surface area (Å²) in [6.45, 7) is 3.21. The SMILES string of the molecule is CCCCCCCCCCCCCCCC(=O)C(=O)C(CCCCCCCC)(c1ccc2ccc3cccc4ccc1c2c34)C(C[N+](C)(C)C)OP(=O)(O)OC[C@H](O)CO. The zero-order valence-electron chi connectivity index (χ0n) is 37.6. The number of hydrogen-bond acceptors (Lipinski definition) is 7. The average molecular weight is 851 g/mol. The monoisotopic (exact) mass is 851 g/mol. The second kappa shape index (κ2) is 24.8. The van der Waals surface area contributed by atoms with Crippen LogP contribution < -0.4 is 0 Å². The largest absolute Gasteiger partial charge is 0.472 e. The van der Waals surface area contributed by atoms with Crippen LogP contribution in [0, 0.1) is 0 Å². The number of carbonyl (C=O) groups is 2. The van der Waals surface area contributed by atoms with E-state index in [2.05, 4.69) is 44.2 Å². The van der Waals surface area contributed by atoms with Crippen molar-refractivity contribution in [2.45, 2.75) is 166 Å². The summed E-state index contributed by atoms with van der Waals surface area (Å²) in [5, 5.41) is 25.5. The van der Waals surface area contributed by atoms with E-state index in [1.54, 1.807) is 0 Å². The first-order chi connectivity index (χ1) is 28.8. The average Bonchev–Trinajstić information content (AvgIpc) is 3.22. The first kappa shape index (κ1) is 49.9. The van der Waals surface area contributed by atoms with Crippen LogP contribution in [0.4, 0.5) is 0 Å². The van der Waals surface area contributed by atoms with E-state index in [1.807, 2.05) is 45.4 Å². The van der Waals surface area contributed by atoms with Crippen molar-refractivity contribution in [1.29, 1.82) is 0 Å². The summed E-state index contributed by atoms with van der Waals surface area (Å²) < 4.78 is 25.7. The van der Waals surface area contributed by atoms with Gasteiger partial charge in [0, 0.05) is 6.42 Å². The number of rotatable bonds is 33. The van der Waals surface area contributed by atoms with Gasteiger partial charge in [-0.2, -0.15) is 0 Å². The van der Waals surface area contributed by atoms with Gasteiger partial charge < -0.3 is 19.6 Å². The van der Waals surface area contributed by atoms with E-state index in [1.165, 1.54) is 57.8 Å². The van der Waals surface area contributed by atoms with Gasteiger partial charge in [0.1, 0.15) is 18.8 Å². The summed E-state index contributed by atoms with van der Waals surface area (Å²) in [4.78, 5) is 41.4. The summed E-state index contributed by atoms with van der Waals surface area (Å²) in [7, 11) is 0.820. The van der Waals surface area contributed by atoms with Gasteiger partial charge in [-0.3, -0.25) is 18.6 Å². The second-order valence-electron chi connectivity index (χ2n) is 18.4. The Hall–Kier alpha value is -2.75. The van der Waals surface area contributed by atoms with Crippen LogP contribution in [0.2, 0.25) is 0 Å². The Bertz CT molecular complexity index is 1920. The van der Waals surface area contributed by atoms with Gasteiger partial charge >= 0.3 is 7.82 Å². The highest BCUT2D eigenvalue weighted by Crippen LogP contribution is 2.52. The lowest BCUT2D eigenvalue weighted by atomic mass is 9.65. The summed E-state index contributed by atoms with van der Waals surface area (Å²) in [5.41, 5.74) is -1.04. The Labute approximate surface area is 360 Å². The van der Waals surface area contributed by atoms with Crippen molar-refractivity contribution < 1.29 is 42.8 Å². The van der Waals surface area contributed by atoms with E-state index in [0.717, 1.165) is 83.7 Å². The number of benzene rings is 4. The molecule has 60 heavy (non-hydrogen) atoms. The summed E-state index contributed by atoms with van der Waals surface area (Å²) in [5.74, 6) is -1.09. The van der Waals surface area contributed by atoms with Crippen molar-refractivity contribution in [1.82, 2.24) is 0 Å². The third kappa shape index (κ3) is 14.4. The molecule has 0 saturated heterocycles. The molecule has 4 atom stereocenters. The molecule has 4 aromatic rings. The lowest BCUT2D eigenvalue weighted by Crippen LogP contribution is -2.57. The predicted molar refractivity (Wildman–Crippen MR) is 247 cm³/mol. The number of aliphatic hydroxyl groups excluding tert-OH is 2. The molecule has 0 heterocycles. The molecule has 4 aromatic carbocycles. The summed E-state index contributed by atoms with van der Waals surface area (Å²) in [6, 6.07) is 18.4. The maximum Gasteiger partial charge on any atom is 0.472 e. The molecular weight excluding hydrogens is 774 g/mol. The van der Waals surface area contributed by atoms with Gasteiger partial charge in [0.05, 0.1) is 39.8 Å². The maximum absolute atomic E-state index is 15.5. The Kier molecular flexibility index (Phi) is 20.6. The van der Waals surface area contributed by atoms with Crippen LogP contribution in [0.1, 0.15) is 154 Å². The number of aliphatic hydroxyl groups is 2. The molecule has 0 bridgehead atoms. The Morgan fingerprint density at radius 2 is 1.17 bits per heavy atom. The third-order valence-electron chi connectivity index (χ3n) is 12.3. The second-order valence-corrected chi connectivity index (χ2v) is 19.8. The number of carbonyl (C=O) groups excluding carboxylic acids is 2. The Balaban J connectivity index is 1.73. The summed E-state index contributed by atoms with van der Waals surface area (Å²) >= 11 is 0. The molecule has 0 aliphatic carbocycles. The van der Waals surface area contributed by atoms with Crippen molar-refractivity contribution in [3.05, 3.63) is 60.2 Å². The molecule has 334 valence electrons. The number of Topliss-reactive ketones (excluding diaryl/α,β-unsaturated/α-hetero) is 2. The molecule has 0 aliphatic heterocycles. The maximum atomic E-state index is 15.5. The van der Waals surface area contributed by atoms with Crippen molar-refractivity contribution in [3.63, 3.8) is 0 Å². The number of quaternary nitrogens is 1. The number of likely N-dealkylation sites (N-methyl/N-ethyl adjacent to an activating group) is 1. The molecule has 9 nitrogen and oxygen atoms in total. The molecule has 0 spiro atoms. The highest BCUT2D eigenvalue weighted by Gasteiger charge is 2.54. The van der Waals surface area contributed by atoms with Crippen molar-refractivity contribution >= 4 is 51.7 Å². The van der Waals surface area contributed by atoms with Gasteiger partial charge in [0.2, 0.25) is 5.78 Å². The van der Waals surface area contributed by atoms with E-state index in [9.17, 15) is 24.5 Å². The smallest absolute Gasteiger partial charge is 0.394 e. The molecular formula is C50H77NO8P+. The minimum Gasteiger partial charge on any atom is -0.394 e. The van der Waals surface area contributed by atoms with E-state index in [4.69, 9.17) is 9.05 Å². The number of unbranched alkanes of at least 4 members (excludes halogenated alkanes) is 17. The van der Waals surface area contributed by atoms with E-state index >= 15 is 4.79 Å². The molecule has 0 radical (unpaired) electrons. The standard InChI is InChI=1S/C50H76NO8P/c1-6-8-10-12-14-15-16-17-18-19-20-21-23-28-45(54)49(55)50(35-24-22-13-11-9-7-2,46(36-51(3,4)5)59-60(56,57)58-38-42(53)37-52)44-34-32-41-30-29-39-26-25-27-40-31-33-43(44)48(41)47(39)40/h25-27,29-34,42,46,52-53H,6-24,28,35-38H2,1-5H3/p+1/t42-,46?,50?/m1/s1. The Morgan fingerprint density at radius 3 is 1.70 bits per heavy atom. The highest BCUT2D eigenvalue weighted by molar-refractivity contribution is 7.47. The first-order valence-corrected chi connectivity index (χ1v) is 24.8. The summed E-state index contributed by atoms with van der Waals surface area (Å²) in [6.07, 6.45) is 18.4. The molecule has 0 aliphatic rings. The molecule has 0 saturated carbocycles. The van der Waals surface area contributed by atoms with Crippen LogP contribution in [-0.2, 0) is 28.6 Å². The first-order valence-electron chi connectivity index (χ1n) is 23.3. The molecule has 4 rings (SSSR count). The van der Waals surface area contributed by atoms with Crippen molar-refractivity contribution in [3.8, 4) is 0 Å². The fourth-order valence-corrected chi connectivity index (χ4v) is 10.0. The number of phosphoric ester groups is 1. The normalized spacial score (nSPS) is 15.4. The molecule has 0 fully saturated rings. The lowest BCUT2D eigenvalue weighted by molar-refractivity contribution is -0.873. The molecule has 3 unspecified atom stereocenters. The van der Waals surface area contributed by atoms with Gasteiger partial charge in [-0.1, -0.05) is 184 Å². The van der Waals surface area contributed by atoms with Gasteiger partial charge in [0.15, 0.2) is 5.78 Å². The van der Waals surface area contributed by atoms with E-state index in [-0.39, 0.29) is 23.9 Å².